The molecule has 2 atom stereocenters. The molecule has 1 aliphatic heterocycles. The number of anilines is 1. The number of aromatic carboxylic acids is 1. The number of rotatable bonds is 3. The van der Waals surface area contributed by atoms with Crippen LogP contribution >= 0.6 is 0 Å². The van der Waals surface area contributed by atoms with Crippen LogP contribution in [0.15, 0.2) is 12.1 Å². The molecule has 0 spiro atoms. The van der Waals surface area contributed by atoms with Gasteiger partial charge in [-0.2, -0.15) is 0 Å². The van der Waals surface area contributed by atoms with Crippen molar-refractivity contribution in [1.82, 2.24) is 0 Å². The van der Waals surface area contributed by atoms with Gasteiger partial charge in [0.05, 0.1) is 24.0 Å². The van der Waals surface area contributed by atoms with E-state index in [2.05, 4.69) is 0 Å². The van der Waals surface area contributed by atoms with Crippen LogP contribution in [0, 0.1) is 11.6 Å². The van der Waals surface area contributed by atoms with Crippen LogP contribution in [0.25, 0.3) is 0 Å². The normalized spacial score (nSPS) is 20.8. The van der Waals surface area contributed by atoms with Crippen molar-refractivity contribution in [3.8, 4) is 0 Å². The number of hydrogen-bond acceptors (Lipinski definition) is 4. The van der Waals surface area contributed by atoms with Crippen LogP contribution in [0.2, 0.25) is 0 Å². The van der Waals surface area contributed by atoms with E-state index in [0.29, 0.717) is 19.7 Å². The van der Waals surface area contributed by atoms with Crippen LogP contribution in [0.3, 0.4) is 0 Å². The first-order valence-electron chi connectivity index (χ1n) is 6.25. The fourth-order valence-electron chi connectivity index (χ4n) is 2.16. The monoisotopic (exact) mass is 286 g/mol. The van der Waals surface area contributed by atoms with Gasteiger partial charge in [-0.1, -0.05) is 0 Å². The van der Waals surface area contributed by atoms with E-state index in [0.717, 1.165) is 6.07 Å². The van der Waals surface area contributed by atoms with E-state index in [1.54, 1.807) is 11.8 Å². The second kappa shape index (κ2) is 5.72. The van der Waals surface area contributed by atoms with Gasteiger partial charge in [0.2, 0.25) is 0 Å². The Bertz CT molecular complexity index is 523. The van der Waals surface area contributed by atoms with Gasteiger partial charge in [0.15, 0.2) is 11.6 Å². The van der Waals surface area contributed by atoms with Crippen molar-refractivity contribution in [2.45, 2.75) is 19.1 Å². The van der Waals surface area contributed by atoms with Crippen LogP contribution in [0.5, 0.6) is 0 Å². The highest BCUT2D eigenvalue weighted by Crippen LogP contribution is 2.26. The molecule has 0 amide bonds. The molecule has 110 valence electrons. The van der Waals surface area contributed by atoms with Gasteiger partial charge in [0.25, 0.3) is 0 Å². The zero-order valence-electron chi connectivity index (χ0n) is 11.0. The molecule has 0 radical (unpaired) electrons. The second-order valence-electron chi connectivity index (χ2n) is 4.78. The topological polar surface area (TPSA) is 75.8 Å². The van der Waals surface area contributed by atoms with Gasteiger partial charge in [-0.3, -0.25) is 0 Å². The number of hydrogen-bond donors (Lipinski definition) is 2. The van der Waals surface area contributed by atoms with Gasteiger partial charge in [0, 0.05) is 19.1 Å². The Morgan fingerprint density at radius 2 is 2.20 bits per heavy atom. The van der Waals surface area contributed by atoms with E-state index >= 15 is 0 Å². The summed E-state index contributed by atoms with van der Waals surface area (Å²) in [6.07, 6.45) is -0.273. The average Bonchev–Trinajstić information content (AvgIpc) is 2.41. The highest BCUT2D eigenvalue weighted by Gasteiger charge is 2.27. The highest BCUT2D eigenvalue weighted by atomic mass is 19.2. The Morgan fingerprint density at radius 1 is 1.50 bits per heavy atom. The average molecular weight is 286 g/mol. The molecular formula is C13H16F2N2O3. The van der Waals surface area contributed by atoms with Gasteiger partial charge < -0.3 is 20.5 Å². The zero-order valence-corrected chi connectivity index (χ0v) is 11.0. The predicted molar refractivity (Wildman–Crippen MR) is 68.9 cm³/mol. The Kier molecular flexibility index (Phi) is 4.20. The number of carbonyl (C=O) groups is 1. The second-order valence-corrected chi connectivity index (χ2v) is 4.78. The number of carboxylic acid groups (broad SMARTS) is 1. The number of halogens is 2. The summed E-state index contributed by atoms with van der Waals surface area (Å²) in [6, 6.07) is 2.10. The summed E-state index contributed by atoms with van der Waals surface area (Å²) < 4.78 is 33.1. The molecule has 0 bridgehead atoms. The molecule has 1 saturated heterocycles. The molecule has 1 fully saturated rings. The maximum Gasteiger partial charge on any atom is 0.338 e. The van der Waals surface area contributed by atoms with Crippen LogP contribution in [0.1, 0.15) is 17.3 Å². The third kappa shape index (κ3) is 2.73. The Hall–Kier alpha value is -1.73. The molecule has 1 aromatic carbocycles. The highest BCUT2D eigenvalue weighted by molar-refractivity contribution is 5.88. The molecule has 5 nitrogen and oxygen atoms in total. The van der Waals surface area contributed by atoms with Gasteiger partial charge in [0.1, 0.15) is 0 Å². The van der Waals surface area contributed by atoms with Crippen LogP contribution in [0.4, 0.5) is 14.5 Å². The number of carboxylic acids is 1. The number of morpholine rings is 1. The lowest BCUT2D eigenvalue weighted by Crippen LogP contribution is -2.50. The number of benzene rings is 1. The summed E-state index contributed by atoms with van der Waals surface area (Å²) in [5.41, 5.74) is 5.09. The molecule has 0 aromatic heterocycles. The van der Waals surface area contributed by atoms with Crippen molar-refractivity contribution in [2.24, 2.45) is 5.73 Å². The first kappa shape index (κ1) is 14.7. The molecular weight excluding hydrogens is 270 g/mol. The van der Waals surface area contributed by atoms with Gasteiger partial charge in [-0.15, -0.1) is 0 Å². The molecule has 1 aliphatic rings. The molecule has 1 aromatic rings. The summed E-state index contributed by atoms with van der Waals surface area (Å²) in [6.45, 7) is 2.86. The third-order valence-electron chi connectivity index (χ3n) is 3.31. The van der Waals surface area contributed by atoms with Crippen molar-refractivity contribution in [1.29, 1.82) is 0 Å². The van der Waals surface area contributed by atoms with Gasteiger partial charge in [-0.05, 0) is 19.1 Å². The standard InChI is InChI=1S/C13H16F2N2O3/c1-7(16)10-6-17(4-5-20-10)9-3-2-8(13(18)19)11(14)12(9)15/h2-3,7,10H,4-6,16H2,1H3,(H,18,19). The summed E-state index contributed by atoms with van der Waals surface area (Å²) in [4.78, 5) is 12.4. The Labute approximate surface area is 114 Å². The lowest BCUT2D eigenvalue weighted by molar-refractivity contribution is 0.0273. The van der Waals surface area contributed by atoms with Crippen LogP contribution in [-0.4, -0.2) is 42.9 Å². The molecule has 3 N–H and O–H groups in total. The van der Waals surface area contributed by atoms with E-state index in [1.165, 1.54) is 6.07 Å². The van der Waals surface area contributed by atoms with E-state index in [1.807, 2.05) is 0 Å². The van der Waals surface area contributed by atoms with Gasteiger partial charge in [-0.25, -0.2) is 13.6 Å². The van der Waals surface area contributed by atoms with E-state index in [-0.39, 0.29) is 17.8 Å². The minimum atomic E-state index is -1.50. The van der Waals surface area contributed by atoms with E-state index in [9.17, 15) is 13.6 Å². The largest absolute Gasteiger partial charge is 0.478 e. The number of nitrogens with two attached hydrogens (primary N) is 1. The molecule has 20 heavy (non-hydrogen) atoms. The smallest absolute Gasteiger partial charge is 0.338 e. The summed E-state index contributed by atoms with van der Waals surface area (Å²) in [7, 11) is 0. The van der Waals surface area contributed by atoms with Gasteiger partial charge >= 0.3 is 5.97 Å². The Balaban J connectivity index is 2.29. The minimum absolute atomic E-state index is 0.0291. The van der Waals surface area contributed by atoms with Crippen molar-refractivity contribution in [3.63, 3.8) is 0 Å². The lowest BCUT2D eigenvalue weighted by atomic mass is 10.1. The summed E-state index contributed by atoms with van der Waals surface area (Å²) in [5, 5.41) is 8.75. The minimum Gasteiger partial charge on any atom is -0.478 e. The molecule has 2 unspecified atom stereocenters. The zero-order chi connectivity index (χ0) is 14.9. The lowest BCUT2D eigenvalue weighted by Gasteiger charge is -2.36. The molecule has 7 heteroatoms. The summed E-state index contributed by atoms with van der Waals surface area (Å²) in [5.74, 6) is -4.00. The first-order chi connectivity index (χ1) is 9.41. The van der Waals surface area contributed by atoms with Crippen molar-refractivity contribution < 1.29 is 23.4 Å². The first-order valence-corrected chi connectivity index (χ1v) is 6.25. The molecule has 2 rings (SSSR count). The maximum atomic E-state index is 14.0. The quantitative estimate of drug-likeness (QED) is 0.873. The number of nitrogens with zero attached hydrogens (tertiary/aromatic N) is 1. The summed E-state index contributed by atoms with van der Waals surface area (Å²) >= 11 is 0. The fraction of sp³-hybridized carbons (Fsp3) is 0.462. The molecule has 0 saturated carbocycles. The van der Waals surface area contributed by atoms with E-state index in [4.69, 9.17) is 15.6 Å². The van der Waals surface area contributed by atoms with Crippen molar-refractivity contribution in [3.05, 3.63) is 29.3 Å². The van der Waals surface area contributed by atoms with E-state index < -0.39 is 23.2 Å². The maximum absolute atomic E-state index is 14.0. The Morgan fingerprint density at radius 3 is 2.80 bits per heavy atom. The molecule has 1 heterocycles. The van der Waals surface area contributed by atoms with Crippen molar-refractivity contribution in [2.75, 3.05) is 24.6 Å². The molecule has 0 aliphatic carbocycles. The third-order valence-corrected chi connectivity index (χ3v) is 3.31. The van der Waals surface area contributed by atoms with Crippen LogP contribution < -0.4 is 10.6 Å². The SMILES string of the molecule is CC(N)C1CN(c2ccc(C(=O)O)c(F)c2F)CCO1. The van der Waals surface area contributed by atoms with Crippen molar-refractivity contribution >= 4 is 11.7 Å². The predicted octanol–water partition coefficient (Wildman–Crippen LogP) is 1.22. The number of ether oxygens (including phenoxy) is 1. The van der Waals surface area contributed by atoms with Crippen LogP contribution in [-0.2, 0) is 4.74 Å². The fourth-order valence-corrected chi connectivity index (χ4v) is 2.16.